The second kappa shape index (κ2) is 7.17. The zero-order valence-corrected chi connectivity index (χ0v) is 14.5. The fourth-order valence-corrected chi connectivity index (χ4v) is 2.63. The van der Waals surface area contributed by atoms with Crippen molar-refractivity contribution in [3.63, 3.8) is 0 Å². The summed E-state index contributed by atoms with van der Waals surface area (Å²) in [6.45, 7) is 1.46. The molecule has 2 heterocycles. The molecule has 2 aromatic heterocycles. The molecule has 0 aliphatic rings. The van der Waals surface area contributed by atoms with E-state index >= 15 is 0 Å². The molecule has 0 spiro atoms. The molecule has 1 N–H and O–H groups in total. The summed E-state index contributed by atoms with van der Waals surface area (Å²) in [6.07, 6.45) is 3.19. The van der Waals surface area contributed by atoms with Crippen molar-refractivity contribution in [2.45, 2.75) is 6.92 Å². The molecule has 4 rings (SSSR count). The van der Waals surface area contributed by atoms with Crippen LogP contribution in [0.4, 0.5) is 5.69 Å². The smallest absolute Gasteiger partial charge is 0.268 e. The van der Waals surface area contributed by atoms with Crippen LogP contribution in [0.25, 0.3) is 34.3 Å². The predicted molar refractivity (Wildman–Crippen MR) is 100 cm³/mol. The minimum Gasteiger partial charge on any atom is -0.415 e. The molecule has 132 valence electrons. The zero-order valence-electron chi connectivity index (χ0n) is 14.5. The molecule has 0 bridgehead atoms. The van der Waals surface area contributed by atoms with E-state index in [9.17, 15) is 4.79 Å². The maximum Gasteiger partial charge on any atom is 0.268 e. The Morgan fingerprint density at radius 1 is 0.889 bits per heavy atom. The third-order valence-corrected chi connectivity index (χ3v) is 3.81. The Morgan fingerprint density at radius 2 is 1.59 bits per heavy atom. The molecule has 7 nitrogen and oxygen atoms in total. The highest BCUT2D eigenvalue weighted by Gasteiger charge is 2.14. The van der Waals surface area contributed by atoms with Crippen molar-refractivity contribution in [3.8, 4) is 34.3 Å². The van der Waals surface area contributed by atoms with E-state index in [1.165, 1.54) is 6.92 Å². The zero-order chi connectivity index (χ0) is 18.6. The van der Waals surface area contributed by atoms with Crippen LogP contribution in [0.1, 0.15) is 6.92 Å². The van der Waals surface area contributed by atoms with Crippen LogP contribution in [0.5, 0.6) is 0 Å². The van der Waals surface area contributed by atoms with Gasteiger partial charge < -0.3 is 9.73 Å². The summed E-state index contributed by atoms with van der Waals surface area (Å²) in [5, 5.41) is 11.0. The average molecular weight is 357 g/mol. The lowest BCUT2D eigenvalue weighted by Crippen LogP contribution is -2.07. The third-order valence-electron chi connectivity index (χ3n) is 3.81. The summed E-state index contributed by atoms with van der Waals surface area (Å²) in [5.74, 6) is 0.535. The van der Waals surface area contributed by atoms with Gasteiger partial charge in [0.05, 0.1) is 23.8 Å². The molecule has 0 radical (unpaired) electrons. The van der Waals surface area contributed by atoms with Gasteiger partial charge in [0.1, 0.15) is 5.69 Å². The molecule has 2 aromatic carbocycles. The van der Waals surface area contributed by atoms with Crippen LogP contribution >= 0.6 is 0 Å². The van der Waals surface area contributed by atoms with Gasteiger partial charge in [0, 0.05) is 18.1 Å². The van der Waals surface area contributed by atoms with E-state index in [1.54, 1.807) is 12.4 Å². The van der Waals surface area contributed by atoms with E-state index in [0.29, 0.717) is 23.0 Å². The Kier molecular flexibility index (Phi) is 4.40. The van der Waals surface area contributed by atoms with Gasteiger partial charge in [-0.15, -0.1) is 10.2 Å². The molecule has 0 saturated heterocycles. The number of benzene rings is 2. The van der Waals surface area contributed by atoms with E-state index in [-0.39, 0.29) is 11.8 Å². The van der Waals surface area contributed by atoms with Gasteiger partial charge >= 0.3 is 0 Å². The summed E-state index contributed by atoms with van der Waals surface area (Å²) in [4.78, 5) is 20.3. The summed E-state index contributed by atoms with van der Waals surface area (Å²) in [5.41, 5.74) is 3.30. The molecular weight excluding hydrogens is 342 g/mol. The summed E-state index contributed by atoms with van der Waals surface area (Å²) < 4.78 is 5.75. The molecule has 0 aliphatic heterocycles. The van der Waals surface area contributed by atoms with Crippen molar-refractivity contribution >= 4 is 11.6 Å². The average Bonchev–Trinajstić information content (AvgIpc) is 3.19. The minimum atomic E-state index is -0.157. The highest BCUT2D eigenvalue weighted by atomic mass is 16.4. The van der Waals surface area contributed by atoms with E-state index in [2.05, 4.69) is 25.5 Å². The lowest BCUT2D eigenvalue weighted by molar-refractivity contribution is -0.114. The first-order valence-electron chi connectivity index (χ1n) is 8.29. The Morgan fingerprint density at radius 3 is 2.41 bits per heavy atom. The number of carbonyl (C=O) groups excluding carboxylic acids is 1. The van der Waals surface area contributed by atoms with Gasteiger partial charge in [-0.3, -0.25) is 9.78 Å². The van der Waals surface area contributed by atoms with E-state index < -0.39 is 0 Å². The molecule has 4 aromatic rings. The number of anilines is 1. The van der Waals surface area contributed by atoms with Gasteiger partial charge in [0.25, 0.3) is 5.89 Å². The van der Waals surface area contributed by atoms with Crippen molar-refractivity contribution in [1.82, 2.24) is 20.2 Å². The molecule has 0 saturated carbocycles. The first kappa shape index (κ1) is 16.6. The fraction of sp³-hybridized carbons (Fsp3) is 0.0500. The Bertz CT molecular complexity index is 1090. The molecule has 0 atom stereocenters. The highest BCUT2D eigenvalue weighted by Crippen LogP contribution is 2.28. The molecule has 0 aliphatic carbocycles. The van der Waals surface area contributed by atoms with Crippen molar-refractivity contribution in [3.05, 3.63) is 67.0 Å². The van der Waals surface area contributed by atoms with Crippen LogP contribution in [0.2, 0.25) is 0 Å². The quantitative estimate of drug-likeness (QED) is 0.597. The van der Waals surface area contributed by atoms with Gasteiger partial charge in [-0.2, -0.15) is 0 Å². The second-order valence-electron chi connectivity index (χ2n) is 5.79. The lowest BCUT2D eigenvalue weighted by atomic mass is 10.1. The molecule has 7 heteroatoms. The summed E-state index contributed by atoms with van der Waals surface area (Å²) in [6, 6.07) is 16.9. The number of nitrogens with zero attached hydrogens (tertiary/aromatic N) is 4. The number of aromatic nitrogens is 4. The van der Waals surface area contributed by atoms with Crippen LogP contribution in [-0.2, 0) is 4.79 Å². The molecule has 0 unspecified atom stereocenters. The standard InChI is InChI=1S/C20H15N5O2/c1-13(26)22-16-10-6-5-9-15(16)17-11-21-12-18(23-17)20-25-24-19(27-20)14-7-3-2-4-8-14/h2-12H,1H3,(H,22,26). The number of hydrogen-bond acceptors (Lipinski definition) is 6. The monoisotopic (exact) mass is 357 g/mol. The van der Waals surface area contributed by atoms with Crippen LogP contribution in [0, 0.1) is 0 Å². The third kappa shape index (κ3) is 3.57. The van der Waals surface area contributed by atoms with E-state index in [1.807, 2.05) is 54.6 Å². The highest BCUT2D eigenvalue weighted by molar-refractivity contribution is 5.93. The van der Waals surface area contributed by atoms with Gasteiger partial charge in [-0.1, -0.05) is 36.4 Å². The SMILES string of the molecule is CC(=O)Nc1ccccc1-c1cncc(-c2nnc(-c3ccccc3)o2)n1. The predicted octanol–water partition coefficient (Wildman–Crippen LogP) is 3.82. The Labute approximate surface area is 155 Å². The molecule has 27 heavy (non-hydrogen) atoms. The summed E-state index contributed by atoms with van der Waals surface area (Å²) >= 11 is 0. The number of rotatable bonds is 4. The Hall–Kier alpha value is -3.87. The first-order valence-corrected chi connectivity index (χ1v) is 8.29. The molecule has 0 fully saturated rings. The minimum absolute atomic E-state index is 0.157. The molecular formula is C20H15N5O2. The Balaban J connectivity index is 1.70. The van der Waals surface area contributed by atoms with Gasteiger partial charge in [-0.05, 0) is 18.2 Å². The van der Waals surface area contributed by atoms with E-state index in [4.69, 9.17) is 4.42 Å². The van der Waals surface area contributed by atoms with Crippen LogP contribution in [-0.4, -0.2) is 26.1 Å². The van der Waals surface area contributed by atoms with Gasteiger partial charge in [0.15, 0.2) is 0 Å². The number of hydrogen-bond donors (Lipinski definition) is 1. The number of para-hydroxylation sites is 1. The number of nitrogens with one attached hydrogen (secondary N) is 1. The second-order valence-corrected chi connectivity index (χ2v) is 5.79. The summed E-state index contributed by atoms with van der Waals surface area (Å²) in [7, 11) is 0. The van der Waals surface area contributed by atoms with E-state index in [0.717, 1.165) is 11.1 Å². The van der Waals surface area contributed by atoms with Crippen molar-refractivity contribution in [1.29, 1.82) is 0 Å². The van der Waals surface area contributed by atoms with Crippen LogP contribution < -0.4 is 5.32 Å². The topological polar surface area (TPSA) is 93.8 Å². The normalized spacial score (nSPS) is 10.6. The molecule has 1 amide bonds. The van der Waals surface area contributed by atoms with Crippen LogP contribution in [0.3, 0.4) is 0 Å². The van der Waals surface area contributed by atoms with Crippen molar-refractivity contribution < 1.29 is 9.21 Å². The number of carbonyl (C=O) groups is 1. The maximum atomic E-state index is 11.4. The number of amides is 1. The first-order chi connectivity index (χ1) is 13.2. The van der Waals surface area contributed by atoms with Crippen molar-refractivity contribution in [2.24, 2.45) is 0 Å². The lowest BCUT2D eigenvalue weighted by Gasteiger charge is -2.09. The van der Waals surface area contributed by atoms with Crippen molar-refractivity contribution in [2.75, 3.05) is 5.32 Å². The maximum absolute atomic E-state index is 11.4. The van der Waals surface area contributed by atoms with Crippen LogP contribution in [0.15, 0.2) is 71.4 Å². The largest absolute Gasteiger partial charge is 0.415 e. The van der Waals surface area contributed by atoms with Gasteiger partial charge in [-0.25, -0.2) is 4.98 Å². The fourth-order valence-electron chi connectivity index (χ4n) is 2.63. The van der Waals surface area contributed by atoms with Gasteiger partial charge in [0.2, 0.25) is 11.8 Å².